The second kappa shape index (κ2) is 4.35. The fourth-order valence-electron chi connectivity index (χ4n) is 1.53. The molecular formula is C12H14N2O2. The highest BCUT2D eigenvalue weighted by Crippen LogP contribution is 2.11. The second-order valence-corrected chi connectivity index (χ2v) is 3.70. The number of nitrogens with zero attached hydrogens (tertiary/aromatic N) is 2. The molecule has 0 radical (unpaired) electrons. The molecule has 0 spiro atoms. The zero-order valence-corrected chi connectivity index (χ0v) is 9.43. The number of carbonyl (C=O) groups is 1. The van der Waals surface area contributed by atoms with Crippen LogP contribution in [0.25, 0.3) is 0 Å². The summed E-state index contributed by atoms with van der Waals surface area (Å²) in [6.07, 6.45) is 2.91. The maximum Gasteiger partial charge on any atom is 0.203 e. The smallest absolute Gasteiger partial charge is 0.203 e. The molecule has 0 aliphatic rings. The maximum atomic E-state index is 11.8. The topological polar surface area (TPSA) is 48.0 Å². The van der Waals surface area contributed by atoms with Gasteiger partial charge in [0.25, 0.3) is 0 Å². The number of hydrogen-bond donors (Lipinski definition) is 0. The number of carbonyl (C=O) groups excluding carboxylic acids is 1. The van der Waals surface area contributed by atoms with Gasteiger partial charge in [-0.25, -0.2) is 0 Å². The predicted molar refractivity (Wildman–Crippen MR) is 59.3 cm³/mol. The lowest BCUT2D eigenvalue weighted by Crippen LogP contribution is -2.03. The van der Waals surface area contributed by atoms with Crippen LogP contribution in [-0.2, 0) is 19.9 Å². The minimum Gasteiger partial charge on any atom is -0.458 e. The number of furan rings is 1. The minimum absolute atomic E-state index is 0.0293. The van der Waals surface area contributed by atoms with E-state index in [0.29, 0.717) is 5.76 Å². The molecule has 4 heteroatoms. The van der Waals surface area contributed by atoms with Crippen LogP contribution in [0.3, 0.4) is 0 Å². The monoisotopic (exact) mass is 218 g/mol. The molecule has 84 valence electrons. The highest BCUT2D eigenvalue weighted by atomic mass is 16.3. The zero-order chi connectivity index (χ0) is 11.5. The first kappa shape index (κ1) is 10.7. The fraction of sp³-hybridized carbons (Fsp3) is 0.333. The van der Waals surface area contributed by atoms with Crippen LogP contribution in [0.15, 0.2) is 28.8 Å². The second-order valence-electron chi connectivity index (χ2n) is 3.70. The van der Waals surface area contributed by atoms with E-state index in [1.54, 1.807) is 10.7 Å². The highest BCUT2D eigenvalue weighted by molar-refractivity contribution is 5.94. The molecule has 0 aromatic carbocycles. The molecule has 0 bridgehead atoms. The number of aryl methyl sites for hydroxylation is 2. The molecule has 0 N–H and O–H groups in total. The van der Waals surface area contributed by atoms with Gasteiger partial charge in [-0.15, -0.1) is 0 Å². The first-order valence-corrected chi connectivity index (χ1v) is 5.29. The average molecular weight is 218 g/mol. The lowest BCUT2D eigenvalue weighted by molar-refractivity contribution is 0.0963. The van der Waals surface area contributed by atoms with Crippen molar-refractivity contribution in [2.45, 2.75) is 19.8 Å². The zero-order valence-electron chi connectivity index (χ0n) is 9.43. The van der Waals surface area contributed by atoms with E-state index in [1.807, 2.05) is 32.3 Å². The standard InChI is InChI=1S/C12H14N2O2/c1-3-10-4-5-12(16-10)11(15)8-9-6-7-14(2)13-9/h4-7H,3,8H2,1-2H3. The summed E-state index contributed by atoms with van der Waals surface area (Å²) in [6.45, 7) is 1.99. The molecule has 2 heterocycles. The highest BCUT2D eigenvalue weighted by Gasteiger charge is 2.12. The molecule has 4 nitrogen and oxygen atoms in total. The number of rotatable bonds is 4. The molecule has 0 aliphatic carbocycles. The summed E-state index contributed by atoms with van der Waals surface area (Å²) in [4.78, 5) is 11.8. The van der Waals surface area contributed by atoms with Crippen molar-refractivity contribution in [3.63, 3.8) is 0 Å². The van der Waals surface area contributed by atoms with Gasteiger partial charge in [-0.3, -0.25) is 9.48 Å². The maximum absolute atomic E-state index is 11.8. The number of hydrogen-bond acceptors (Lipinski definition) is 3. The molecule has 2 aromatic rings. The van der Waals surface area contributed by atoms with Crippen molar-refractivity contribution in [1.29, 1.82) is 0 Å². The third-order valence-corrected chi connectivity index (χ3v) is 2.40. The number of ketones is 1. The molecule has 0 fully saturated rings. The van der Waals surface area contributed by atoms with Gasteiger partial charge in [-0.2, -0.15) is 5.10 Å². The summed E-state index contributed by atoms with van der Waals surface area (Å²) in [6, 6.07) is 5.40. The third-order valence-electron chi connectivity index (χ3n) is 2.40. The molecule has 2 aromatic heterocycles. The molecule has 2 rings (SSSR count). The summed E-state index contributed by atoms with van der Waals surface area (Å²) in [5.41, 5.74) is 0.766. The van der Waals surface area contributed by atoms with Crippen molar-refractivity contribution in [3.8, 4) is 0 Å². The Kier molecular flexibility index (Phi) is 2.90. The number of Topliss-reactive ketones (excluding diaryl/α,β-unsaturated/α-hetero) is 1. The van der Waals surface area contributed by atoms with E-state index in [-0.39, 0.29) is 12.2 Å². The fourth-order valence-corrected chi connectivity index (χ4v) is 1.53. The van der Waals surface area contributed by atoms with Crippen LogP contribution in [0.2, 0.25) is 0 Å². The third kappa shape index (κ3) is 2.21. The average Bonchev–Trinajstić information content (AvgIpc) is 2.87. The van der Waals surface area contributed by atoms with Crippen LogP contribution in [0.5, 0.6) is 0 Å². The van der Waals surface area contributed by atoms with Crippen molar-refractivity contribution in [3.05, 3.63) is 41.6 Å². The Bertz CT molecular complexity index is 497. The van der Waals surface area contributed by atoms with Crippen molar-refractivity contribution in [2.75, 3.05) is 0 Å². The molecule has 0 aliphatic heterocycles. The van der Waals surface area contributed by atoms with Gasteiger partial charge in [0, 0.05) is 19.7 Å². The first-order valence-electron chi connectivity index (χ1n) is 5.29. The van der Waals surface area contributed by atoms with E-state index in [1.165, 1.54) is 0 Å². The summed E-state index contributed by atoms with van der Waals surface area (Å²) in [5, 5.41) is 4.16. The van der Waals surface area contributed by atoms with E-state index < -0.39 is 0 Å². The summed E-state index contributed by atoms with van der Waals surface area (Å²) < 4.78 is 7.07. The lowest BCUT2D eigenvalue weighted by Gasteiger charge is -1.94. The quantitative estimate of drug-likeness (QED) is 0.737. The minimum atomic E-state index is -0.0293. The van der Waals surface area contributed by atoms with Gasteiger partial charge in [-0.05, 0) is 18.2 Å². The van der Waals surface area contributed by atoms with Gasteiger partial charge < -0.3 is 4.42 Å². The van der Waals surface area contributed by atoms with Crippen molar-refractivity contribution in [2.24, 2.45) is 7.05 Å². The first-order chi connectivity index (χ1) is 7.69. The van der Waals surface area contributed by atoms with E-state index in [9.17, 15) is 4.79 Å². The molecule has 0 unspecified atom stereocenters. The van der Waals surface area contributed by atoms with Crippen molar-refractivity contribution >= 4 is 5.78 Å². The van der Waals surface area contributed by atoms with Crippen LogP contribution in [0.1, 0.15) is 28.9 Å². The van der Waals surface area contributed by atoms with Crippen LogP contribution in [0.4, 0.5) is 0 Å². The van der Waals surface area contributed by atoms with Crippen LogP contribution >= 0.6 is 0 Å². The molecule has 0 saturated heterocycles. The molecule has 0 atom stereocenters. The van der Waals surface area contributed by atoms with Crippen LogP contribution in [0, 0.1) is 0 Å². The van der Waals surface area contributed by atoms with E-state index in [0.717, 1.165) is 17.9 Å². The van der Waals surface area contributed by atoms with Gasteiger partial charge in [-0.1, -0.05) is 6.92 Å². The Labute approximate surface area is 93.9 Å². The van der Waals surface area contributed by atoms with E-state index >= 15 is 0 Å². The van der Waals surface area contributed by atoms with Gasteiger partial charge >= 0.3 is 0 Å². The van der Waals surface area contributed by atoms with Gasteiger partial charge in [0.05, 0.1) is 12.1 Å². The molecular weight excluding hydrogens is 204 g/mol. The van der Waals surface area contributed by atoms with E-state index in [4.69, 9.17) is 4.42 Å². The largest absolute Gasteiger partial charge is 0.458 e. The van der Waals surface area contributed by atoms with Gasteiger partial charge in [0.1, 0.15) is 5.76 Å². The summed E-state index contributed by atoms with van der Waals surface area (Å²) in [7, 11) is 1.83. The Morgan fingerprint density at radius 1 is 1.44 bits per heavy atom. The number of aromatic nitrogens is 2. The Hall–Kier alpha value is -1.84. The Morgan fingerprint density at radius 2 is 2.25 bits per heavy atom. The molecule has 0 saturated carbocycles. The van der Waals surface area contributed by atoms with Crippen molar-refractivity contribution in [1.82, 2.24) is 9.78 Å². The lowest BCUT2D eigenvalue weighted by atomic mass is 10.2. The molecule has 0 amide bonds. The Morgan fingerprint density at radius 3 is 2.81 bits per heavy atom. The van der Waals surface area contributed by atoms with Crippen LogP contribution < -0.4 is 0 Å². The predicted octanol–water partition coefficient (Wildman–Crippen LogP) is 2.00. The van der Waals surface area contributed by atoms with Gasteiger partial charge in [0.2, 0.25) is 5.78 Å². The van der Waals surface area contributed by atoms with Crippen LogP contribution in [-0.4, -0.2) is 15.6 Å². The van der Waals surface area contributed by atoms with Gasteiger partial charge in [0.15, 0.2) is 5.76 Å². The summed E-state index contributed by atoms with van der Waals surface area (Å²) >= 11 is 0. The van der Waals surface area contributed by atoms with Crippen molar-refractivity contribution < 1.29 is 9.21 Å². The summed E-state index contributed by atoms with van der Waals surface area (Å²) in [5.74, 6) is 1.23. The Balaban J connectivity index is 2.08. The normalized spacial score (nSPS) is 10.6. The van der Waals surface area contributed by atoms with E-state index in [2.05, 4.69) is 5.10 Å². The SMILES string of the molecule is CCc1ccc(C(=O)Cc2ccn(C)n2)o1. The molecule has 16 heavy (non-hydrogen) atoms.